The van der Waals surface area contributed by atoms with E-state index in [1.54, 1.807) is 0 Å². The quantitative estimate of drug-likeness (QED) is 0.828. The average molecular weight is 275 g/mol. The molecule has 0 radical (unpaired) electrons. The van der Waals surface area contributed by atoms with Crippen LogP contribution in [0.3, 0.4) is 0 Å². The lowest BCUT2D eigenvalue weighted by Gasteiger charge is -2.22. The Balaban J connectivity index is 0.00000162. The summed E-state index contributed by atoms with van der Waals surface area (Å²) in [6, 6.07) is 0. The van der Waals surface area contributed by atoms with E-state index in [0.717, 1.165) is 12.3 Å². The summed E-state index contributed by atoms with van der Waals surface area (Å²) in [4.78, 5) is 11.9. The van der Waals surface area contributed by atoms with Crippen molar-refractivity contribution >= 4 is 18.3 Å². The molecule has 0 saturated heterocycles. The summed E-state index contributed by atoms with van der Waals surface area (Å²) >= 11 is 0. The Morgan fingerprint density at radius 3 is 2.44 bits per heavy atom. The molecule has 2 atom stereocenters. The van der Waals surface area contributed by atoms with E-state index in [2.05, 4.69) is 5.32 Å². The van der Waals surface area contributed by atoms with Crippen molar-refractivity contribution in [3.05, 3.63) is 0 Å². The summed E-state index contributed by atoms with van der Waals surface area (Å²) in [5.74, 6) is 2.03. The van der Waals surface area contributed by atoms with Gasteiger partial charge in [0.05, 0.1) is 0 Å². The second kappa shape index (κ2) is 6.25. The van der Waals surface area contributed by atoms with Gasteiger partial charge < -0.3 is 11.1 Å². The molecule has 2 fully saturated rings. The predicted molar refractivity (Wildman–Crippen MR) is 76.7 cm³/mol. The standard InChI is InChI=1S/C14H26N2O.ClH/c1-14(2,15)9-16-13(17)12-8-11(12)10-6-4-3-5-7-10;/h10-12H,3-9,15H2,1-2H3,(H,16,17);1H. The van der Waals surface area contributed by atoms with Crippen LogP contribution in [0.2, 0.25) is 0 Å². The smallest absolute Gasteiger partial charge is 0.223 e. The molecule has 3 N–H and O–H groups in total. The number of rotatable bonds is 4. The van der Waals surface area contributed by atoms with Crippen LogP contribution in [0.4, 0.5) is 0 Å². The van der Waals surface area contributed by atoms with Crippen molar-refractivity contribution in [3.63, 3.8) is 0 Å². The molecule has 2 aliphatic carbocycles. The minimum atomic E-state index is -0.301. The van der Waals surface area contributed by atoms with Gasteiger partial charge in [-0.05, 0) is 32.1 Å². The number of amides is 1. The van der Waals surface area contributed by atoms with Crippen molar-refractivity contribution in [2.45, 2.75) is 57.9 Å². The average Bonchev–Trinajstić information content (AvgIpc) is 3.06. The van der Waals surface area contributed by atoms with Crippen LogP contribution in [-0.2, 0) is 4.79 Å². The number of nitrogens with two attached hydrogens (primary N) is 1. The van der Waals surface area contributed by atoms with Crippen molar-refractivity contribution in [1.29, 1.82) is 0 Å². The highest BCUT2D eigenvalue weighted by molar-refractivity contribution is 5.85. The van der Waals surface area contributed by atoms with E-state index >= 15 is 0 Å². The molecule has 0 spiro atoms. The van der Waals surface area contributed by atoms with E-state index in [9.17, 15) is 4.79 Å². The van der Waals surface area contributed by atoms with E-state index in [4.69, 9.17) is 5.73 Å². The molecule has 2 unspecified atom stereocenters. The fraction of sp³-hybridized carbons (Fsp3) is 0.929. The van der Waals surface area contributed by atoms with Crippen molar-refractivity contribution in [2.75, 3.05) is 6.54 Å². The lowest BCUT2D eigenvalue weighted by atomic mass is 9.85. The molecule has 0 heterocycles. The van der Waals surface area contributed by atoms with Crippen LogP contribution in [0.5, 0.6) is 0 Å². The van der Waals surface area contributed by atoms with Gasteiger partial charge in [0.1, 0.15) is 0 Å². The van der Waals surface area contributed by atoms with Gasteiger partial charge in [0.25, 0.3) is 0 Å². The number of carbonyl (C=O) groups excluding carboxylic acids is 1. The van der Waals surface area contributed by atoms with E-state index in [-0.39, 0.29) is 23.9 Å². The van der Waals surface area contributed by atoms with Gasteiger partial charge in [-0.2, -0.15) is 0 Å². The van der Waals surface area contributed by atoms with Crippen LogP contribution in [-0.4, -0.2) is 18.0 Å². The van der Waals surface area contributed by atoms with Gasteiger partial charge in [-0.1, -0.05) is 32.1 Å². The largest absolute Gasteiger partial charge is 0.354 e. The highest BCUT2D eigenvalue weighted by Crippen LogP contribution is 2.49. The SMILES string of the molecule is CC(C)(N)CNC(=O)C1CC1C1CCCCC1.Cl. The molecule has 2 saturated carbocycles. The molecule has 2 aliphatic rings. The van der Waals surface area contributed by atoms with Gasteiger partial charge in [-0.15, -0.1) is 12.4 Å². The summed E-state index contributed by atoms with van der Waals surface area (Å²) in [7, 11) is 0. The maximum Gasteiger partial charge on any atom is 0.223 e. The summed E-state index contributed by atoms with van der Waals surface area (Å²) in [5, 5.41) is 2.99. The van der Waals surface area contributed by atoms with Gasteiger partial charge in [0, 0.05) is 18.0 Å². The minimum absolute atomic E-state index is 0. The zero-order valence-electron chi connectivity index (χ0n) is 11.6. The van der Waals surface area contributed by atoms with E-state index in [1.807, 2.05) is 13.8 Å². The van der Waals surface area contributed by atoms with Crippen molar-refractivity contribution in [3.8, 4) is 0 Å². The van der Waals surface area contributed by atoms with Crippen LogP contribution in [0.1, 0.15) is 52.4 Å². The minimum Gasteiger partial charge on any atom is -0.354 e. The number of nitrogens with one attached hydrogen (secondary N) is 1. The third-order valence-corrected chi connectivity index (χ3v) is 4.15. The van der Waals surface area contributed by atoms with Crippen LogP contribution < -0.4 is 11.1 Å². The highest BCUT2D eigenvalue weighted by Gasteiger charge is 2.47. The molecule has 4 heteroatoms. The van der Waals surface area contributed by atoms with E-state index in [0.29, 0.717) is 18.4 Å². The molecule has 106 valence electrons. The summed E-state index contributed by atoms with van der Waals surface area (Å²) in [5.41, 5.74) is 5.57. The normalized spacial score (nSPS) is 28.4. The lowest BCUT2D eigenvalue weighted by Crippen LogP contribution is -2.45. The third kappa shape index (κ3) is 4.43. The van der Waals surface area contributed by atoms with Crippen LogP contribution in [0.15, 0.2) is 0 Å². The van der Waals surface area contributed by atoms with Crippen LogP contribution in [0, 0.1) is 17.8 Å². The number of halogens is 1. The van der Waals surface area contributed by atoms with Crippen molar-refractivity contribution in [1.82, 2.24) is 5.32 Å². The maximum atomic E-state index is 11.9. The van der Waals surface area contributed by atoms with Crippen LogP contribution in [0.25, 0.3) is 0 Å². The highest BCUT2D eigenvalue weighted by atomic mass is 35.5. The van der Waals surface area contributed by atoms with E-state index < -0.39 is 0 Å². The Bertz CT molecular complexity index is 282. The first kappa shape index (κ1) is 15.8. The predicted octanol–water partition coefficient (Wildman–Crippen LogP) is 2.48. The molecule has 0 bridgehead atoms. The van der Waals surface area contributed by atoms with Crippen molar-refractivity contribution < 1.29 is 4.79 Å². The second-order valence-electron chi connectivity index (χ2n) is 6.61. The van der Waals surface area contributed by atoms with E-state index in [1.165, 1.54) is 32.1 Å². The third-order valence-electron chi connectivity index (χ3n) is 4.15. The molecule has 0 aromatic carbocycles. The topological polar surface area (TPSA) is 55.1 Å². The Labute approximate surface area is 117 Å². The molecule has 0 aromatic rings. The zero-order valence-corrected chi connectivity index (χ0v) is 12.4. The number of hydrogen-bond donors (Lipinski definition) is 2. The first-order chi connectivity index (χ1) is 7.97. The van der Waals surface area contributed by atoms with Gasteiger partial charge in [-0.3, -0.25) is 4.79 Å². The molecule has 0 aliphatic heterocycles. The molecular formula is C14H27ClN2O. The fourth-order valence-corrected chi connectivity index (χ4v) is 3.05. The zero-order chi connectivity index (χ0) is 12.5. The summed E-state index contributed by atoms with van der Waals surface area (Å²) < 4.78 is 0. The van der Waals surface area contributed by atoms with Gasteiger partial charge in [0.15, 0.2) is 0 Å². The summed E-state index contributed by atoms with van der Waals surface area (Å²) in [6.07, 6.45) is 7.92. The first-order valence-corrected chi connectivity index (χ1v) is 7.04. The molecular weight excluding hydrogens is 248 g/mol. The monoisotopic (exact) mass is 274 g/mol. The lowest BCUT2D eigenvalue weighted by molar-refractivity contribution is -0.123. The van der Waals surface area contributed by atoms with Crippen molar-refractivity contribution in [2.24, 2.45) is 23.5 Å². The molecule has 18 heavy (non-hydrogen) atoms. The Morgan fingerprint density at radius 2 is 1.89 bits per heavy atom. The Morgan fingerprint density at radius 1 is 1.28 bits per heavy atom. The second-order valence-corrected chi connectivity index (χ2v) is 6.61. The Kier molecular flexibility index (Phi) is 5.47. The molecule has 2 rings (SSSR count). The molecule has 0 aromatic heterocycles. The molecule has 1 amide bonds. The van der Waals surface area contributed by atoms with Crippen LogP contribution >= 0.6 is 12.4 Å². The fourth-order valence-electron chi connectivity index (χ4n) is 3.05. The van der Waals surface area contributed by atoms with Gasteiger partial charge >= 0.3 is 0 Å². The number of carbonyl (C=O) groups is 1. The van der Waals surface area contributed by atoms with Gasteiger partial charge in [-0.25, -0.2) is 0 Å². The Hall–Kier alpha value is -0.280. The van der Waals surface area contributed by atoms with Gasteiger partial charge in [0.2, 0.25) is 5.91 Å². The summed E-state index contributed by atoms with van der Waals surface area (Å²) in [6.45, 7) is 4.47. The molecule has 3 nitrogen and oxygen atoms in total. The maximum absolute atomic E-state index is 11.9. The number of hydrogen-bond acceptors (Lipinski definition) is 2. The first-order valence-electron chi connectivity index (χ1n) is 7.04.